The van der Waals surface area contributed by atoms with Gasteiger partial charge in [0, 0.05) is 19.3 Å². The first-order chi connectivity index (χ1) is 12.8. The van der Waals surface area contributed by atoms with E-state index in [1.807, 2.05) is 13.8 Å². The average molecular weight is 392 g/mol. The Bertz CT molecular complexity index is 896. The van der Waals surface area contributed by atoms with Crippen molar-refractivity contribution in [3.05, 3.63) is 48.0 Å². The van der Waals surface area contributed by atoms with Crippen molar-refractivity contribution in [2.75, 3.05) is 18.8 Å². The second-order valence-corrected chi connectivity index (χ2v) is 9.85. The number of amides is 1. The van der Waals surface area contributed by atoms with Crippen LogP contribution in [0.1, 0.15) is 37.2 Å². The molecule has 1 N–H and O–H groups in total. The monoisotopic (exact) mass is 392 g/mol. The number of H-pyrrole nitrogens is 1. The van der Waals surface area contributed by atoms with Crippen molar-refractivity contribution in [3.8, 4) is 11.1 Å². The summed E-state index contributed by atoms with van der Waals surface area (Å²) in [6, 6.07) is 7.84. The molecule has 5 nitrogen and oxygen atoms in total. The lowest BCUT2D eigenvalue weighted by Crippen LogP contribution is -2.43. The van der Waals surface area contributed by atoms with Crippen LogP contribution < -0.4 is 0 Å². The highest BCUT2D eigenvalue weighted by atomic mass is 32.2. The summed E-state index contributed by atoms with van der Waals surface area (Å²) < 4.78 is 37.8. The number of carbonyl (C=O) groups excluding carboxylic acids is 1. The molecule has 27 heavy (non-hydrogen) atoms. The number of nitrogens with one attached hydrogen (secondary N) is 1. The van der Waals surface area contributed by atoms with E-state index >= 15 is 0 Å². The Morgan fingerprint density at radius 3 is 2.41 bits per heavy atom. The van der Waals surface area contributed by atoms with E-state index in [9.17, 15) is 17.6 Å². The number of rotatable bonds is 5. The van der Waals surface area contributed by atoms with Gasteiger partial charge in [0.25, 0.3) is 5.91 Å². The molecule has 146 valence electrons. The second kappa shape index (κ2) is 7.84. The first-order valence-electron chi connectivity index (χ1n) is 9.21. The predicted molar refractivity (Wildman–Crippen MR) is 104 cm³/mol. The summed E-state index contributed by atoms with van der Waals surface area (Å²) in [7, 11) is -3.11. The topological polar surface area (TPSA) is 70.2 Å². The van der Waals surface area contributed by atoms with Gasteiger partial charge in [-0.25, -0.2) is 12.8 Å². The molecule has 0 aliphatic carbocycles. The molecular weight excluding hydrogens is 367 g/mol. The van der Waals surface area contributed by atoms with Gasteiger partial charge in [-0.3, -0.25) is 4.79 Å². The summed E-state index contributed by atoms with van der Waals surface area (Å²) in [5.74, 6) is -0.133. The Morgan fingerprint density at radius 1 is 1.19 bits per heavy atom. The first-order valence-corrected chi connectivity index (χ1v) is 10.9. The molecule has 1 aromatic heterocycles. The minimum atomic E-state index is -3.11. The number of nitrogens with zero attached hydrogens (tertiary/aromatic N) is 1. The zero-order chi connectivity index (χ0) is 19.6. The van der Waals surface area contributed by atoms with Crippen LogP contribution in [0.3, 0.4) is 0 Å². The third-order valence-electron chi connectivity index (χ3n) is 4.89. The lowest BCUT2D eigenvalue weighted by Gasteiger charge is -2.31. The van der Waals surface area contributed by atoms with Gasteiger partial charge in [-0.15, -0.1) is 0 Å². The fourth-order valence-electron chi connectivity index (χ4n) is 3.52. The molecule has 1 aromatic carbocycles. The van der Waals surface area contributed by atoms with E-state index in [0.717, 1.165) is 11.1 Å². The van der Waals surface area contributed by atoms with Crippen molar-refractivity contribution in [2.45, 2.75) is 31.9 Å². The summed E-state index contributed by atoms with van der Waals surface area (Å²) in [5, 5.41) is -0.359. The number of hydrogen-bond acceptors (Lipinski definition) is 3. The number of sulfone groups is 1. The molecule has 0 saturated carbocycles. The summed E-state index contributed by atoms with van der Waals surface area (Å²) in [5.41, 5.74) is 2.09. The van der Waals surface area contributed by atoms with E-state index in [0.29, 0.717) is 31.6 Å². The third-order valence-corrected chi connectivity index (χ3v) is 7.51. The van der Waals surface area contributed by atoms with Gasteiger partial charge in [-0.1, -0.05) is 26.0 Å². The Morgan fingerprint density at radius 2 is 1.81 bits per heavy atom. The average Bonchev–Trinajstić information content (AvgIpc) is 3.11. The van der Waals surface area contributed by atoms with E-state index in [1.165, 1.54) is 12.1 Å². The van der Waals surface area contributed by atoms with Gasteiger partial charge >= 0.3 is 0 Å². The molecule has 0 unspecified atom stereocenters. The second-order valence-electron chi connectivity index (χ2n) is 7.52. The van der Waals surface area contributed by atoms with Crippen LogP contribution >= 0.6 is 0 Å². The fraction of sp³-hybridized carbons (Fsp3) is 0.450. The van der Waals surface area contributed by atoms with E-state index in [1.54, 1.807) is 29.3 Å². The van der Waals surface area contributed by atoms with Crippen molar-refractivity contribution in [1.82, 2.24) is 9.88 Å². The van der Waals surface area contributed by atoms with Gasteiger partial charge in [0.1, 0.15) is 11.5 Å². The molecule has 1 saturated heterocycles. The zero-order valence-electron chi connectivity index (χ0n) is 15.6. The Hall–Kier alpha value is -2.15. The highest BCUT2D eigenvalue weighted by molar-refractivity contribution is 7.92. The zero-order valence-corrected chi connectivity index (χ0v) is 16.4. The summed E-state index contributed by atoms with van der Waals surface area (Å²) in [4.78, 5) is 17.4. The number of likely N-dealkylation sites (tertiary alicyclic amines) is 1. The van der Waals surface area contributed by atoms with E-state index in [4.69, 9.17) is 0 Å². The van der Waals surface area contributed by atoms with Crippen LogP contribution in [0.5, 0.6) is 0 Å². The minimum absolute atomic E-state index is 0.110. The maximum absolute atomic E-state index is 13.1. The Kier molecular flexibility index (Phi) is 5.69. The molecule has 0 spiro atoms. The van der Waals surface area contributed by atoms with Gasteiger partial charge in [-0.05, 0) is 48.1 Å². The molecule has 0 bridgehead atoms. The van der Waals surface area contributed by atoms with Gasteiger partial charge in [0.15, 0.2) is 9.84 Å². The van der Waals surface area contributed by atoms with Crippen LogP contribution in [0, 0.1) is 11.7 Å². The SMILES string of the molecule is CC(C)CS(=O)(=O)C1CCN(C(=O)c2cc(-c3ccc(F)cc3)c[nH]2)CC1. The highest BCUT2D eigenvalue weighted by Gasteiger charge is 2.32. The minimum Gasteiger partial charge on any atom is -0.357 e. The number of piperidine rings is 1. The van der Waals surface area contributed by atoms with Crippen LogP contribution in [0.15, 0.2) is 36.5 Å². The smallest absolute Gasteiger partial charge is 0.270 e. The number of halogens is 1. The van der Waals surface area contributed by atoms with E-state index in [-0.39, 0.29) is 28.6 Å². The Balaban J connectivity index is 1.64. The van der Waals surface area contributed by atoms with E-state index in [2.05, 4.69) is 4.98 Å². The summed E-state index contributed by atoms with van der Waals surface area (Å²) in [6.07, 6.45) is 2.68. The number of hydrogen-bond donors (Lipinski definition) is 1. The van der Waals surface area contributed by atoms with Gasteiger partial charge in [0.05, 0.1) is 11.0 Å². The van der Waals surface area contributed by atoms with Crippen LogP contribution in [0.4, 0.5) is 4.39 Å². The summed E-state index contributed by atoms with van der Waals surface area (Å²) >= 11 is 0. The molecule has 1 aliphatic rings. The van der Waals surface area contributed by atoms with Crippen molar-refractivity contribution in [3.63, 3.8) is 0 Å². The molecular formula is C20H25FN2O3S. The molecule has 2 aromatic rings. The van der Waals surface area contributed by atoms with Crippen LogP contribution in [0.25, 0.3) is 11.1 Å². The largest absolute Gasteiger partial charge is 0.357 e. The molecule has 1 aliphatic heterocycles. The number of carbonyl (C=O) groups is 1. The normalized spacial score (nSPS) is 16.1. The Labute approximate surface area is 159 Å². The fourth-order valence-corrected chi connectivity index (χ4v) is 5.65. The maximum atomic E-state index is 13.1. The van der Waals surface area contributed by atoms with Gasteiger partial charge in [-0.2, -0.15) is 0 Å². The van der Waals surface area contributed by atoms with Crippen LogP contribution in [-0.2, 0) is 9.84 Å². The standard InChI is InChI=1S/C20H25FN2O3S/c1-14(2)13-27(25,26)18-7-9-23(10-8-18)20(24)19-11-16(12-22-19)15-3-5-17(21)6-4-15/h3-6,11-12,14,18,22H,7-10,13H2,1-2H3. The first kappa shape index (κ1) is 19.6. The van der Waals surface area contributed by atoms with E-state index < -0.39 is 9.84 Å². The lowest BCUT2D eigenvalue weighted by molar-refractivity contribution is 0.0720. The third kappa shape index (κ3) is 4.58. The van der Waals surface area contributed by atoms with Crippen molar-refractivity contribution in [2.24, 2.45) is 5.92 Å². The van der Waals surface area contributed by atoms with Gasteiger partial charge < -0.3 is 9.88 Å². The number of aromatic amines is 1. The van der Waals surface area contributed by atoms with Crippen LogP contribution in [-0.4, -0.2) is 48.3 Å². The van der Waals surface area contributed by atoms with Crippen molar-refractivity contribution < 1.29 is 17.6 Å². The number of benzene rings is 1. The maximum Gasteiger partial charge on any atom is 0.270 e. The van der Waals surface area contributed by atoms with Crippen LogP contribution in [0.2, 0.25) is 0 Å². The molecule has 1 fully saturated rings. The molecule has 7 heteroatoms. The molecule has 0 atom stereocenters. The quantitative estimate of drug-likeness (QED) is 0.847. The lowest BCUT2D eigenvalue weighted by atomic mass is 10.1. The molecule has 0 radical (unpaired) electrons. The van der Waals surface area contributed by atoms with Gasteiger partial charge in [0.2, 0.25) is 0 Å². The van der Waals surface area contributed by atoms with Crippen molar-refractivity contribution in [1.29, 1.82) is 0 Å². The summed E-state index contributed by atoms with van der Waals surface area (Å²) in [6.45, 7) is 4.68. The molecule has 3 rings (SSSR count). The molecule has 1 amide bonds. The predicted octanol–water partition coefficient (Wildman–Crippen LogP) is 3.50. The number of aromatic nitrogens is 1. The molecule has 2 heterocycles. The highest BCUT2D eigenvalue weighted by Crippen LogP contribution is 2.24. The van der Waals surface area contributed by atoms with Crippen molar-refractivity contribution >= 4 is 15.7 Å².